The fourth-order valence-electron chi connectivity index (χ4n) is 3.00. The number of hydrogen-bond acceptors (Lipinski definition) is 2. The smallest absolute Gasteiger partial charge is 0.309 e. The van der Waals surface area contributed by atoms with Crippen LogP contribution in [0.4, 0.5) is 0 Å². The van der Waals surface area contributed by atoms with Crippen LogP contribution in [0.2, 0.25) is 5.02 Å². The quantitative estimate of drug-likeness (QED) is 0.602. The van der Waals surface area contributed by atoms with Gasteiger partial charge in [0.1, 0.15) is 5.65 Å². The molecule has 0 bridgehead atoms. The van der Waals surface area contributed by atoms with Crippen molar-refractivity contribution in [3.05, 3.63) is 71.4 Å². The molecule has 2 aromatic heterocycles. The van der Waals surface area contributed by atoms with E-state index >= 15 is 0 Å². The van der Waals surface area contributed by atoms with Crippen molar-refractivity contribution in [1.82, 2.24) is 9.38 Å². The van der Waals surface area contributed by atoms with Crippen LogP contribution in [0.1, 0.15) is 5.69 Å². The molecule has 0 saturated heterocycles. The number of imidazole rings is 1. The van der Waals surface area contributed by atoms with Gasteiger partial charge in [-0.3, -0.25) is 9.20 Å². The number of rotatable bonds is 3. The van der Waals surface area contributed by atoms with E-state index in [1.807, 2.05) is 52.9 Å². The van der Waals surface area contributed by atoms with Gasteiger partial charge in [-0.1, -0.05) is 41.9 Å². The standard InChI is InChI=1S/C19H13ClN2O2/c20-14-8-5-13(6-9-14)19-16(11-18(23)24)22-15-4-2-1-3-12(15)7-10-17(22)21-19/h1-10H,11H2,(H,23,24). The molecule has 0 unspecified atom stereocenters. The number of pyridine rings is 1. The molecule has 24 heavy (non-hydrogen) atoms. The third kappa shape index (κ3) is 2.41. The van der Waals surface area contributed by atoms with Crippen molar-refractivity contribution in [2.24, 2.45) is 0 Å². The molecule has 0 atom stereocenters. The molecule has 4 aromatic rings. The molecular formula is C19H13ClN2O2. The number of carboxylic acids is 1. The summed E-state index contributed by atoms with van der Waals surface area (Å²) < 4.78 is 1.92. The maximum atomic E-state index is 11.4. The van der Waals surface area contributed by atoms with Crippen molar-refractivity contribution in [3.63, 3.8) is 0 Å². The highest BCUT2D eigenvalue weighted by Gasteiger charge is 2.18. The molecule has 2 heterocycles. The van der Waals surface area contributed by atoms with Gasteiger partial charge < -0.3 is 5.11 Å². The van der Waals surface area contributed by atoms with E-state index < -0.39 is 5.97 Å². The van der Waals surface area contributed by atoms with Crippen LogP contribution in [0.5, 0.6) is 0 Å². The molecule has 0 aliphatic heterocycles. The minimum Gasteiger partial charge on any atom is -0.481 e. The second kappa shape index (κ2) is 5.65. The number of aromatic nitrogens is 2. The first kappa shape index (κ1) is 14.7. The maximum absolute atomic E-state index is 11.4. The molecule has 4 nitrogen and oxygen atoms in total. The molecule has 0 amide bonds. The second-order valence-electron chi connectivity index (χ2n) is 5.57. The second-order valence-corrected chi connectivity index (χ2v) is 6.01. The van der Waals surface area contributed by atoms with Crippen molar-refractivity contribution in [2.45, 2.75) is 6.42 Å². The van der Waals surface area contributed by atoms with E-state index in [0.29, 0.717) is 16.4 Å². The summed E-state index contributed by atoms with van der Waals surface area (Å²) in [5.74, 6) is -0.889. The van der Waals surface area contributed by atoms with E-state index in [4.69, 9.17) is 11.6 Å². The molecule has 0 aliphatic rings. The summed E-state index contributed by atoms with van der Waals surface area (Å²) in [6, 6.07) is 19.1. The highest BCUT2D eigenvalue weighted by atomic mass is 35.5. The van der Waals surface area contributed by atoms with Gasteiger partial charge in [-0.15, -0.1) is 0 Å². The lowest BCUT2D eigenvalue weighted by Gasteiger charge is -2.06. The average molecular weight is 337 g/mol. The Kier molecular flexibility index (Phi) is 3.47. The van der Waals surface area contributed by atoms with Gasteiger partial charge in [0, 0.05) is 10.6 Å². The molecule has 0 radical (unpaired) electrons. The summed E-state index contributed by atoms with van der Waals surface area (Å²) in [6.07, 6.45) is -0.104. The van der Waals surface area contributed by atoms with Crippen molar-refractivity contribution >= 4 is 34.1 Å². The number of para-hydroxylation sites is 1. The Hall–Kier alpha value is -2.85. The Morgan fingerprint density at radius 1 is 1.04 bits per heavy atom. The predicted octanol–water partition coefficient (Wildman–Crippen LogP) is 4.44. The predicted molar refractivity (Wildman–Crippen MR) is 94.5 cm³/mol. The third-order valence-electron chi connectivity index (χ3n) is 4.02. The van der Waals surface area contributed by atoms with E-state index in [1.165, 1.54) is 0 Å². The van der Waals surface area contributed by atoms with Crippen molar-refractivity contribution in [3.8, 4) is 11.3 Å². The van der Waals surface area contributed by atoms with Crippen LogP contribution >= 0.6 is 11.6 Å². The number of nitrogens with zero attached hydrogens (tertiary/aromatic N) is 2. The fraction of sp³-hybridized carbons (Fsp3) is 0.0526. The Morgan fingerprint density at radius 2 is 1.79 bits per heavy atom. The average Bonchev–Trinajstić information content (AvgIpc) is 2.94. The number of carbonyl (C=O) groups is 1. The summed E-state index contributed by atoms with van der Waals surface area (Å²) in [6.45, 7) is 0. The van der Waals surface area contributed by atoms with Gasteiger partial charge in [-0.05, 0) is 35.7 Å². The van der Waals surface area contributed by atoms with E-state index in [9.17, 15) is 9.90 Å². The molecule has 0 spiro atoms. The first-order chi connectivity index (χ1) is 11.6. The zero-order valence-electron chi connectivity index (χ0n) is 12.6. The van der Waals surface area contributed by atoms with Crippen LogP contribution in [0.25, 0.3) is 27.8 Å². The summed E-state index contributed by atoms with van der Waals surface area (Å²) >= 11 is 5.96. The van der Waals surface area contributed by atoms with Crippen LogP contribution in [0.3, 0.4) is 0 Å². The normalized spacial score (nSPS) is 11.2. The van der Waals surface area contributed by atoms with Crippen LogP contribution < -0.4 is 0 Å². The van der Waals surface area contributed by atoms with Crippen molar-refractivity contribution in [2.75, 3.05) is 0 Å². The molecule has 5 heteroatoms. The van der Waals surface area contributed by atoms with E-state index in [1.54, 1.807) is 12.1 Å². The minimum absolute atomic E-state index is 0.104. The summed E-state index contributed by atoms with van der Waals surface area (Å²) in [5.41, 5.74) is 3.86. The first-order valence-electron chi connectivity index (χ1n) is 7.50. The number of benzene rings is 2. The monoisotopic (exact) mass is 336 g/mol. The highest BCUT2D eigenvalue weighted by Crippen LogP contribution is 2.29. The highest BCUT2D eigenvalue weighted by molar-refractivity contribution is 6.30. The topological polar surface area (TPSA) is 54.6 Å². The Labute approximate surface area is 142 Å². The third-order valence-corrected chi connectivity index (χ3v) is 4.28. The first-order valence-corrected chi connectivity index (χ1v) is 7.88. The molecule has 0 saturated carbocycles. The van der Waals surface area contributed by atoms with Gasteiger partial charge >= 0.3 is 5.97 Å². The molecule has 2 aromatic carbocycles. The van der Waals surface area contributed by atoms with Crippen molar-refractivity contribution < 1.29 is 9.90 Å². The molecule has 0 fully saturated rings. The Bertz CT molecular complexity index is 1070. The minimum atomic E-state index is -0.889. The van der Waals surface area contributed by atoms with Gasteiger partial charge in [-0.2, -0.15) is 0 Å². The molecular weight excluding hydrogens is 324 g/mol. The summed E-state index contributed by atoms with van der Waals surface area (Å²) in [5, 5.41) is 11.0. The van der Waals surface area contributed by atoms with Gasteiger partial charge in [0.25, 0.3) is 0 Å². The van der Waals surface area contributed by atoms with Crippen LogP contribution in [-0.4, -0.2) is 20.5 Å². The zero-order valence-corrected chi connectivity index (χ0v) is 13.4. The van der Waals surface area contributed by atoms with Gasteiger partial charge in [0.2, 0.25) is 0 Å². The van der Waals surface area contributed by atoms with Crippen LogP contribution in [-0.2, 0) is 11.2 Å². The van der Waals surface area contributed by atoms with Gasteiger partial charge in [0.15, 0.2) is 0 Å². The number of carboxylic acid groups (broad SMARTS) is 1. The number of aliphatic carboxylic acids is 1. The summed E-state index contributed by atoms with van der Waals surface area (Å²) in [4.78, 5) is 16.1. The number of hydrogen-bond donors (Lipinski definition) is 1. The molecule has 0 aliphatic carbocycles. The molecule has 4 rings (SSSR count). The number of fused-ring (bicyclic) bond motifs is 3. The largest absolute Gasteiger partial charge is 0.481 e. The maximum Gasteiger partial charge on any atom is 0.309 e. The Balaban J connectivity index is 2.07. The number of halogens is 1. The van der Waals surface area contributed by atoms with Crippen molar-refractivity contribution in [1.29, 1.82) is 0 Å². The van der Waals surface area contributed by atoms with Crippen LogP contribution in [0.15, 0.2) is 60.7 Å². The lowest BCUT2D eigenvalue weighted by Crippen LogP contribution is -2.05. The van der Waals surface area contributed by atoms with Gasteiger partial charge in [0.05, 0.1) is 23.3 Å². The fourth-order valence-corrected chi connectivity index (χ4v) is 3.12. The van der Waals surface area contributed by atoms with E-state index in [-0.39, 0.29) is 6.42 Å². The van der Waals surface area contributed by atoms with E-state index in [0.717, 1.165) is 22.1 Å². The van der Waals surface area contributed by atoms with E-state index in [2.05, 4.69) is 4.98 Å². The lowest BCUT2D eigenvalue weighted by atomic mass is 10.1. The molecule has 118 valence electrons. The molecule has 1 N–H and O–H groups in total. The zero-order chi connectivity index (χ0) is 16.7. The van der Waals surface area contributed by atoms with Crippen LogP contribution in [0, 0.1) is 0 Å². The summed E-state index contributed by atoms with van der Waals surface area (Å²) in [7, 11) is 0. The Morgan fingerprint density at radius 3 is 2.54 bits per heavy atom. The van der Waals surface area contributed by atoms with Gasteiger partial charge in [-0.25, -0.2) is 4.98 Å². The lowest BCUT2D eigenvalue weighted by molar-refractivity contribution is -0.136. The SMILES string of the molecule is O=C(O)Cc1c(-c2ccc(Cl)cc2)nc2ccc3ccccc3n12.